The molecule has 0 rings (SSSR count). The molecule has 3 nitrogen and oxygen atoms in total. The van der Waals surface area contributed by atoms with Crippen LogP contribution in [0.3, 0.4) is 0 Å². The molecule has 0 saturated carbocycles. The number of hydrogen-bond acceptors (Lipinski definition) is 3. The molecule has 28 heavy (non-hydrogen) atoms. The van der Waals surface area contributed by atoms with Crippen LogP contribution in [0.1, 0.15) is 0 Å². The first-order valence-electron chi connectivity index (χ1n) is 8.18. The number of rotatable bonds is 10. The van der Waals surface area contributed by atoms with Gasteiger partial charge in [-0.15, -0.1) is 26.3 Å². The molecule has 0 unspecified atom stereocenters. The molecule has 0 aromatic carbocycles. The van der Waals surface area contributed by atoms with Gasteiger partial charge in [-0.2, -0.15) is 0 Å². The average Bonchev–Trinajstić information content (AvgIpc) is 2.46. The van der Waals surface area contributed by atoms with E-state index in [9.17, 15) is 0 Å². The molecule has 0 atom stereocenters. The van der Waals surface area contributed by atoms with E-state index in [1.807, 2.05) is 22.8 Å². The summed E-state index contributed by atoms with van der Waals surface area (Å²) in [5.41, 5.74) is 7.73. The molecule has 0 fully saturated rings. The van der Waals surface area contributed by atoms with Crippen molar-refractivity contribution in [3.8, 4) is 0 Å². The van der Waals surface area contributed by atoms with Gasteiger partial charge in [0.25, 0.3) is 0 Å². The average molecular weight is 643 g/mol. The topological polar surface area (TPSA) is 27.7 Å². The van der Waals surface area contributed by atoms with E-state index in [-0.39, 0.29) is 43.3 Å². The first kappa shape index (κ1) is 42.5. The molecule has 0 radical (unpaired) electrons. The van der Waals surface area contributed by atoms with Gasteiger partial charge in [0.15, 0.2) is 16.6 Å². The predicted octanol–water partition coefficient (Wildman–Crippen LogP) is 7.05. The Morgan fingerprint density at radius 2 is 0.750 bits per heavy atom. The smallest absolute Gasteiger partial charge is 0.213 e. The molecule has 0 bridgehead atoms. The van der Waals surface area contributed by atoms with Crippen LogP contribution in [0.5, 0.6) is 0 Å². The SMILES string of the molecule is C=C[Si](C)(C)OCO[Si](C)(C)C=C.C=C[Si](C)(C)O[Si](C)(C)C=C.[CH3-].[CH3-].[CH3-].[Pt]. The van der Waals surface area contributed by atoms with Gasteiger partial charge in [0.2, 0.25) is 16.6 Å². The zero-order valence-corrected chi connectivity index (χ0v) is 26.7. The van der Waals surface area contributed by atoms with Gasteiger partial charge >= 0.3 is 0 Å². The van der Waals surface area contributed by atoms with Gasteiger partial charge in [-0.1, -0.05) is 22.8 Å². The molecule has 0 aliphatic heterocycles. The van der Waals surface area contributed by atoms with Crippen LogP contribution in [0.2, 0.25) is 52.4 Å². The molecule has 0 aromatic rings. The molecule has 0 aliphatic rings. The summed E-state index contributed by atoms with van der Waals surface area (Å²) in [6.07, 6.45) is 0. The van der Waals surface area contributed by atoms with Crippen molar-refractivity contribution in [1.82, 2.24) is 0 Å². The van der Waals surface area contributed by atoms with E-state index < -0.39 is 33.3 Å². The van der Waals surface area contributed by atoms with Crippen LogP contribution >= 0.6 is 0 Å². The zero-order valence-electron chi connectivity index (χ0n) is 20.4. The predicted molar refractivity (Wildman–Crippen MR) is 138 cm³/mol. The van der Waals surface area contributed by atoms with Crippen LogP contribution in [-0.2, 0) is 34.0 Å². The van der Waals surface area contributed by atoms with Gasteiger partial charge in [-0.25, -0.2) is 0 Å². The van der Waals surface area contributed by atoms with Gasteiger partial charge in [-0.3, -0.25) is 0 Å². The molecular formula is C20H47O3PtSi4-3. The molecule has 0 spiro atoms. The second-order valence-electron chi connectivity index (χ2n) is 7.74. The van der Waals surface area contributed by atoms with Crippen molar-refractivity contribution in [3.63, 3.8) is 0 Å². The van der Waals surface area contributed by atoms with Crippen molar-refractivity contribution >= 4 is 33.3 Å². The van der Waals surface area contributed by atoms with Gasteiger partial charge in [0.05, 0.1) is 0 Å². The molecule has 0 amide bonds. The van der Waals surface area contributed by atoms with Gasteiger partial charge < -0.3 is 35.2 Å². The maximum absolute atomic E-state index is 5.97. The van der Waals surface area contributed by atoms with Crippen molar-refractivity contribution in [2.24, 2.45) is 0 Å². The summed E-state index contributed by atoms with van der Waals surface area (Å²) in [5, 5.41) is 0. The van der Waals surface area contributed by atoms with E-state index in [1.165, 1.54) is 0 Å². The van der Waals surface area contributed by atoms with E-state index in [2.05, 4.69) is 78.7 Å². The Kier molecular flexibility index (Phi) is 27.6. The van der Waals surface area contributed by atoms with Gasteiger partial charge in [0, 0.05) is 21.1 Å². The van der Waals surface area contributed by atoms with E-state index in [0.29, 0.717) is 6.79 Å². The van der Waals surface area contributed by atoms with E-state index in [4.69, 9.17) is 13.0 Å². The summed E-state index contributed by atoms with van der Waals surface area (Å²) in [6.45, 7) is 32.4. The maximum atomic E-state index is 5.97. The van der Waals surface area contributed by atoms with Crippen molar-refractivity contribution in [1.29, 1.82) is 0 Å². The van der Waals surface area contributed by atoms with Crippen LogP contribution in [0.15, 0.2) is 49.1 Å². The Morgan fingerprint density at radius 1 is 0.536 bits per heavy atom. The minimum Gasteiger partial charge on any atom is -0.449 e. The summed E-state index contributed by atoms with van der Waals surface area (Å²) in [4.78, 5) is 0. The zero-order chi connectivity index (χ0) is 19.7. The molecule has 0 saturated heterocycles. The molecule has 0 aliphatic carbocycles. The first-order valence-corrected chi connectivity index (χ1v) is 20.1. The quantitative estimate of drug-likeness (QED) is 0.145. The van der Waals surface area contributed by atoms with Crippen molar-refractivity contribution in [3.05, 3.63) is 71.4 Å². The number of hydrogen-bond donors (Lipinski definition) is 0. The van der Waals surface area contributed by atoms with Crippen LogP contribution in [0.4, 0.5) is 0 Å². The van der Waals surface area contributed by atoms with Crippen LogP contribution in [0.25, 0.3) is 0 Å². The summed E-state index contributed by atoms with van der Waals surface area (Å²) in [7, 11) is -6.48. The largest absolute Gasteiger partial charge is 0.449 e. The third kappa shape index (κ3) is 24.4. The first-order chi connectivity index (χ1) is 10.7. The van der Waals surface area contributed by atoms with Crippen LogP contribution in [-0.4, -0.2) is 40.1 Å². The van der Waals surface area contributed by atoms with Gasteiger partial charge in [0.1, 0.15) is 6.79 Å². The third-order valence-electron chi connectivity index (χ3n) is 3.35. The standard InChI is InChI=1S/C9H20O2Si2.C8H18OSi2.3CH3.Pt/c1-7-12(3,4)10-9-11-13(5,6)8-2;1-7-10(3,4)9-11(5,6)8-2;;;;/h7-8H,1-2,9H2,3-6H3;7-8H,1-2H2,3-6H3;3*1H3;/q;;3*-1;. The molecule has 174 valence electrons. The summed E-state index contributed by atoms with van der Waals surface area (Å²) in [6, 6.07) is 0. The monoisotopic (exact) mass is 642 g/mol. The minimum atomic E-state index is -1.66. The fourth-order valence-electron chi connectivity index (χ4n) is 1.21. The Balaban J connectivity index is -0.0000000764. The van der Waals surface area contributed by atoms with Gasteiger partial charge in [-0.05, 0) is 52.4 Å². The second kappa shape index (κ2) is 18.2. The Labute approximate surface area is 197 Å². The van der Waals surface area contributed by atoms with Crippen LogP contribution in [0, 0.1) is 22.3 Å². The Morgan fingerprint density at radius 3 is 0.929 bits per heavy atom. The van der Waals surface area contributed by atoms with E-state index in [1.54, 1.807) is 0 Å². The second-order valence-corrected chi connectivity index (χ2v) is 23.6. The Hall–Kier alpha value is 0.396. The molecule has 0 N–H and O–H groups in total. The third-order valence-corrected chi connectivity index (χ3v) is 13.2. The van der Waals surface area contributed by atoms with Crippen molar-refractivity contribution in [2.45, 2.75) is 52.4 Å². The molecule has 8 heteroatoms. The molecule has 0 aromatic heterocycles. The maximum Gasteiger partial charge on any atom is 0.213 e. The summed E-state index contributed by atoms with van der Waals surface area (Å²) in [5.74, 6) is 0. The fraction of sp³-hybridized carbons (Fsp3) is 0.450. The van der Waals surface area contributed by atoms with Crippen molar-refractivity contribution in [2.75, 3.05) is 6.79 Å². The molecule has 0 heterocycles. The summed E-state index contributed by atoms with van der Waals surface area (Å²) < 4.78 is 17.2. The van der Waals surface area contributed by atoms with Crippen molar-refractivity contribution < 1.29 is 34.0 Å². The van der Waals surface area contributed by atoms with E-state index >= 15 is 0 Å². The molecular weight excluding hydrogens is 596 g/mol. The fourth-order valence-corrected chi connectivity index (χ4v) is 8.38. The Bertz CT molecular complexity index is 399. The van der Waals surface area contributed by atoms with E-state index in [0.717, 1.165) is 0 Å². The van der Waals surface area contributed by atoms with Crippen LogP contribution < -0.4 is 0 Å². The summed E-state index contributed by atoms with van der Waals surface area (Å²) >= 11 is 0. The minimum absolute atomic E-state index is 0. The normalized spacial score (nSPS) is 10.9.